The second-order valence-electron chi connectivity index (χ2n) is 1.60. The Kier molecular flexibility index (Phi) is 0.922. The molecule has 0 radical (unpaired) electrons. The summed E-state index contributed by atoms with van der Waals surface area (Å²) in [7, 11) is -3.55. The predicted molar refractivity (Wildman–Crippen MR) is 25.2 cm³/mol. The zero-order valence-corrected chi connectivity index (χ0v) is 5.10. The van der Waals surface area contributed by atoms with Gasteiger partial charge in [0, 0.05) is 6.42 Å². The van der Waals surface area contributed by atoms with Gasteiger partial charge in [0.25, 0.3) is 0 Å². The first-order valence-corrected chi connectivity index (χ1v) is 3.60. The Labute approximate surface area is 47.2 Å². The number of hydrogen-bond donors (Lipinski definition) is 1. The lowest BCUT2D eigenvalue weighted by Crippen LogP contribution is -2.08. The van der Waals surface area contributed by atoms with Crippen LogP contribution >= 0.6 is 0 Å². The van der Waals surface area contributed by atoms with E-state index in [-0.39, 0.29) is 6.42 Å². The first kappa shape index (κ1) is 6.00. The molecule has 4 nitrogen and oxygen atoms in total. The molecule has 0 aromatic rings. The van der Waals surface area contributed by atoms with Crippen molar-refractivity contribution in [2.24, 2.45) is 0 Å². The van der Waals surface area contributed by atoms with E-state index in [0.717, 1.165) is 0 Å². The summed E-state index contributed by atoms with van der Waals surface area (Å²) in [5, 5.41) is 6.81. The molecule has 1 unspecified atom stereocenters. The molecule has 1 aliphatic heterocycles. The monoisotopic (exact) mass is 138 g/mol. The van der Waals surface area contributed by atoms with Gasteiger partial charge < -0.3 is 5.11 Å². The van der Waals surface area contributed by atoms with Crippen LogP contribution in [0.25, 0.3) is 0 Å². The molecule has 1 heterocycles. The molecule has 5 heteroatoms. The molecule has 48 valence electrons. The highest BCUT2D eigenvalue weighted by Gasteiger charge is 2.62. The van der Waals surface area contributed by atoms with Gasteiger partial charge in [-0.05, 0) is 0 Å². The zero-order chi connectivity index (χ0) is 6.41. The maximum Gasteiger partial charge on any atom is 0.329 e. The van der Waals surface area contributed by atoms with Crippen molar-refractivity contribution >= 4 is 10.1 Å². The van der Waals surface area contributed by atoms with Crippen LogP contribution in [0, 0.1) is 0 Å². The number of hydrogen-bond acceptors (Lipinski definition) is 4. The molecule has 0 bridgehead atoms. The van der Waals surface area contributed by atoms with Gasteiger partial charge in [0.1, 0.15) is 0 Å². The van der Waals surface area contributed by atoms with E-state index < -0.39 is 15.2 Å². The Hall–Kier alpha value is -0.130. The molecular formula is C3H6O4S. The summed E-state index contributed by atoms with van der Waals surface area (Å²) in [4.78, 5) is 0. The van der Waals surface area contributed by atoms with Gasteiger partial charge in [-0.1, -0.05) is 6.92 Å². The first-order chi connectivity index (χ1) is 3.52. The van der Waals surface area contributed by atoms with Gasteiger partial charge in [-0.3, -0.25) is 0 Å². The highest BCUT2D eigenvalue weighted by Crippen LogP contribution is 2.38. The van der Waals surface area contributed by atoms with Crippen molar-refractivity contribution in [1.29, 1.82) is 0 Å². The molecule has 0 aliphatic carbocycles. The van der Waals surface area contributed by atoms with Crippen LogP contribution in [0.1, 0.15) is 13.3 Å². The van der Waals surface area contributed by atoms with Gasteiger partial charge in [-0.25, -0.2) is 4.18 Å². The Morgan fingerprint density at radius 2 is 2.12 bits per heavy atom. The van der Waals surface area contributed by atoms with Crippen LogP contribution < -0.4 is 0 Å². The van der Waals surface area contributed by atoms with Crippen LogP contribution in [0.2, 0.25) is 0 Å². The van der Waals surface area contributed by atoms with Crippen molar-refractivity contribution in [1.82, 2.24) is 0 Å². The van der Waals surface area contributed by atoms with E-state index >= 15 is 0 Å². The molecule has 1 atom stereocenters. The molecule has 1 rings (SSSR count). The smallest absolute Gasteiger partial charge is 0.329 e. The summed E-state index contributed by atoms with van der Waals surface area (Å²) in [6.07, 6.45) is 0.0926. The molecule has 1 N–H and O–H groups in total. The third kappa shape index (κ3) is 0.553. The summed E-state index contributed by atoms with van der Waals surface area (Å²) in [6.45, 7) is 1.53. The maximum absolute atomic E-state index is 10.2. The third-order valence-electron chi connectivity index (χ3n) is 1.05. The molecule has 0 aromatic carbocycles. The molecule has 8 heavy (non-hydrogen) atoms. The van der Waals surface area contributed by atoms with Gasteiger partial charge in [-0.2, -0.15) is 8.42 Å². The second-order valence-corrected chi connectivity index (χ2v) is 3.32. The molecular weight excluding hydrogens is 132 g/mol. The lowest BCUT2D eigenvalue weighted by Gasteiger charge is -1.86. The molecule has 1 fully saturated rings. The Balaban J connectivity index is 2.84. The van der Waals surface area contributed by atoms with Gasteiger partial charge in [0.2, 0.25) is 0 Å². The summed E-state index contributed by atoms with van der Waals surface area (Å²) < 4.78 is 24.3. The van der Waals surface area contributed by atoms with Gasteiger partial charge in [0.15, 0.2) is 0 Å². The van der Waals surface area contributed by atoms with Crippen molar-refractivity contribution < 1.29 is 17.7 Å². The Bertz CT molecular complexity index is 193. The summed E-state index contributed by atoms with van der Waals surface area (Å²) in [6, 6.07) is 0. The quantitative estimate of drug-likeness (QED) is 0.491. The molecule has 0 spiro atoms. The van der Waals surface area contributed by atoms with Crippen LogP contribution in [0.3, 0.4) is 0 Å². The zero-order valence-electron chi connectivity index (χ0n) is 4.29. The standard InChI is InChI=1S/C3H6O4S/c1-2-3(4)7-8(3,5)6/h4H,2H2,1H3. The average molecular weight is 138 g/mol. The van der Waals surface area contributed by atoms with Crippen LogP contribution in [0.4, 0.5) is 0 Å². The van der Waals surface area contributed by atoms with Crippen LogP contribution in [-0.2, 0) is 14.3 Å². The van der Waals surface area contributed by atoms with E-state index in [2.05, 4.69) is 4.18 Å². The molecule has 1 saturated heterocycles. The Morgan fingerprint density at radius 3 is 2.12 bits per heavy atom. The largest absolute Gasteiger partial charge is 0.351 e. The fraction of sp³-hybridized carbons (Fsp3) is 1.00. The van der Waals surface area contributed by atoms with Gasteiger partial charge >= 0.3 is 15.2 Å². The molecule has 0 saturated carbocycles. The lowest BCUT2D eigenvalue weighted by molar-refractivity contribution is 0.0336. The van der Waals surface area contributed by atoms with Crippen molar-refractivity contribution in [3.8, 4) is 0 Å². The fourth-order valence-electron chi connectivity index (χ4n) is 0.390. The number of rotatable bonds is 1. The van der Waals surface area contributed by atoms with E-state index in [1.807, 2.05) is 0 Å². The van der Waals surface area contributed by atoms with Crippen molar-refractivity contribution in [2.75, 3.05) is 0 Å². The fourth-order valence-corrected chi connectivity index (χ4v) is 1.34. The molecule has 0 aromatic heterocycles. The molecule has 0 amide bonds. The lowest BCUT2D eigenvalue weighted by atomic mass is 10.5. The van der Waals surface area contributed by atoms with Crippen LogP contribution in [0.15, 0.2) is 0 Å². The maximum atomic E-state index is 10.2. The van der Waals surface area contributed by atoms with E-state index in [0.29, 0.717) is 0 Å². The topological polar surface area (TPSA) is 66.9 Å². The van der Waals surface area contributed by atoms with E-state index in [4.69, 9.17) is 5.11 Å². The predicted octanol–water partition coefficient (Wildman–Crippen LogP) is -0.597. The van der Waals surface area contributed by atoms with Crippen LogP contribution in [-0.4, -0.2) is 18.6 Å². The Morgan fingerprint density at radius 1 is 1.75 bits per heavy atom. The third-order valence-corrected chi connectivity index (χ3v) is 2.55. The minimum Gasteiger partial charge on any atom is -0.351 e. The minimum atomic E-state index is -3.55. The van der Waals surface area contributed by atoms with Gasteiger partial charge in [-0.15, -0.1) is 0 Å². The van der Waals surface area contributed by atoms with Crippen molar-refractivity contribution in [3.63, 3.8) is 0 Å². The number of aliphatic hydroxyl groups is 1. The van der Waals surface area contributed by atoms with Crippen LogP contribution in [0.5, 0.6) is 0 Å². The van der Waals surface area contributed by atoms with Gasteiger partial charge in [0.05, 0.1) is 0 Å². The highest BCUT2D eigenvalue weighted by molar-refractivity contribution is 7.93. The van der Waals surface area contributed by atoms with E-state index in [9.17, 15) is 8.42 Å². The SMILES string of the molecule is CCC1(O)OS1(=O)=O. The van der Waals surface area contributed by atoms with Crippen molar-refractivity contribution in [3.05, 3.63) is 0 Å². The van der Waals surface area contributed by atoms with E-state index in [1.165, 1.54) is 6.92 Å². The molecule has 1 aliphatic rings. The van der Waals surface area contributed by atoms with E-state index in [1.54, 1.807) is 0 Å². The summed E-state index contributed by atoms with van der Waals surface area (Å²) in [5.41, 5.74) is 0. The second kappa shape index (κ2) is 1.23. The first-order valence-electron chi connectivity index (χ1n) is 2.19. The summed E-state index contributed by atoms with van der Waals surface area (Å²) in [5.74, 6) is 0. The minimum absolute atomic E-state index is 0.0926. The summed E-state index contributed by atoms with van der Waals surface area (Å²) >= 11 is 0. The van der Waals surface area contributed by atoms with Crippen molar-refractivity contribution in [2.45, 2.75) is 18.5 Å². The highest BCUT2D eigenvalue weighted by atomic mass is 32.2. The average Bonchev–Trinajstić information content (AvgIpc) is 2.10. The normalized spacial score (nSPS) is 41.8.